The lowest BCUT2D eigenvalue weighted by Gasteiger charge is -2.05. The van der Waals surface area contributed by atoms with Gasteiger partial charge in [-0.2, -0.15) is 0 Å². The maximum atomic E-state index is 12.5. The fraction of sp³-hybridized carbons (Fsp3) is 0.0625. The number of hydrogen-bond donors (Lipinski definition) is 0. The predicted molar refractivity (Wildman–Crippen MR) is 86.3 cm³/mol. The highest BCUT2D eigenvalue weighted by molar-refractivity contribution is 7.17. The average molecular weight is 321 g/mol. The number of rotatable bonds is 3. The summed E-state index contributed by atoms with van der Waals surface area (Å²) in [6, 6.07) is 13.2. The average Bonchev–Trinajstić information content (AvgIpc) is 2.87. The molecule has 1 heterocycles. The molecule has 0 fully saturated rings. The van der Waals surface area contributed by atoms with Crippen LogP contribution in [-0.4, -0.2) is 5.78 Å². The Morgan fingerprint density at radius 1 is 1.00 bits per heavy atom. The molecule has 100 valence electrons. The number of thiophene rings is 1. The molecule has 4 heteroatoms. The van der Waals surface area contributed by atoms with Gasteiger partial charge >= 0.3 is 0 Å². The van der Waals surface area contributed by atoms with Gasteiger partial charge in [0, 0.05) is 37.5 Å². The Morgan fingerprint density at radius 3 is 2.45 bits per heavy atom. The van der Waals surface area contributed by atoms with E-state index in [4.69, 9.17) is 23.2 Å². The van der Waals surface area contributed by atoms with Gasteiger partial charge in [-0.3, -0.25) is 4.79 Å². The molecule has 0 saturated carbocycles. The van der Waals surface area contributed by atoms with Crippen molar-refractivity contribution in [3.63, 3.8) is 0 Å². The van der Waals surface area contributed by atoms with Crippen molar-refractivity contribution in [1.82, 2.24) is 0 Å². The molecule has 3 aromatic rings. The molecule has 0 spiro atoms. The molecule has 0 amide bonds. The highest BCUT2D eigenvalue weighted by Crippen LogP contribution is 2.29. The Morgan fingerprint density at radius 2 is 1.70 bits per heavy atom. The zero-order valence-electron chi connectivity index (χ0n) is 10.4. The van der Waals surface area contributed by atoms with Crippen molar-refractivity contribution in [3.05, 3.63) is 69.0 Å². The second-order valence-corrected chi connectivity index (χ2v) is 6.17. The minimum atomic E-state index is 0.0393. The molecule has 3 rings (SSSR count). The van der Waals surface area contributed by atoms with Crippen LogP contribution in [0.2, 0.25) is 10.0 Å². The number of benzene rings is 2. The quantitative estimate of drug-likeness (QED) is 0.571. The molecule has 0 saturated heterocycles. The van der Waals surface area contributed by atoms with Crippen LogP contribution in [0.5, 0.6) is 0 Å². The third-order valence-corrected chi connectivity index (χ3v) is 4.85. The normalized spacial score (nSPS) is 10.9. The van der Waals surface area contributed by atoms with E-state index in [0.29, 0.717) is 15.6 Å². The monoisotopic (exact) mass is 320 g/mol. The van der Waals surface area contributed by atoms with Crippen molar-refractivity contribution in [2.24, 2.45) is 0 Å². The van der Waals surface area contributed by atoms with E-state index in [0.717, 1.165) is 15.6 Å². The Hall–Kier alpha value is -1.35. The van der Waals surface area contributed by atoms with Crippen molar-refractivity contribution in [3.8, 4) is 0 Å². The molecule has 20 heavy (non-hydrogen) atoms. The Bertz CT molecular complexity index is 772. The predicted octanol–water partition coefficient (Wildman–Crippen LogP) is 5.63. The third-order valence-electron chi connectivity index (χ3n) is 3.18. The van der Waals surface area contributed by atoms with Crippen molar-refractivity contribution in [2.45, 2.75) is 6.42 Å². The number of carbonyl (C=O) groups is 1. The largest absolute Gasteiger partial charge is 0.294 e. The fourth-order valence-electron chi connectivity index (χ4n) is 2.15. The maximum Gasteiger partial charge on any atom is 0.168 e. The first kappa shape index (κ1) is 13.6. The Labute approximate surface area is 130 Å². The first-order valence-electron chi connectivity index (χ1n) is 6.09. The molecule has 0 aliphatic rings. The lowest BCUT2D eigenvalue weighted by molar-refractivity contribution is 0.0995. The van der Waals surface area contributed by atoms with Gasteiger partial charge in [0.25, 0.3) is 0 Å². The van der Waals surface area contributed by atoms with Gasteiger partial charge in [0.15, 0.2) is 5.78 Å². The van der Waals surface area contributed by atoms with Gasteiger partial charge < -0.3 is 0 Å². The number of ketones is 1. The topological polar surface area (TPSA) is 17.1 Å². The minimum Gasteiger partial charge on any atom is -0.294 e. The number of Topliss-reactive ketones (excluding diaryl/α,β-unsaturated/α-hetero) is 1. The SMILES string of the molecule is O=C(Cc1c(Cl)cccc1Cl)c1csc2ccccc12. The molecule has 0 radical (unpaired) electrons. The summed E-state index contributed by atoms with van der Waals surface area (Å²) in [5.41, 5.74) is 1.43. The van der Waals surface area contributed by atoms with Crippen LogP contribution in [0.1, 0.15) is 15.9 Å². The minimum absolute atomic E-state index is 0.0393. The Balaban J connectivity index is 1.98. The molecule has 0 bridgehead atoms. The summed E-state index contributed by atoms with van der Waals surface area (Å²) in [7, 11) is 0. The molecule has 0 aliphatic carbocycles. The van der Waals surface area contributed by atoms with Crippen molar-refractivity contribution < 1.29 is 4.79 Å². The smallest absolute Gasteiger partial charge is 0.168 e. The van der Waals surface area contributed by atoms with E-state index in [2.05, 4.69) is 0 Å². The Kier molecular flexibility index (Phi) is 3.79. The number of halogens is 2. The van der Waals surface area contributed by atoms with Crippen LogP contribution in [0.3, 0.4) is 0 Å². The van der Waals surface area contributed by atoms with E-state index in [9.17, 15) is 4.79 Å². The van der Waals surface area contributed by atoms with Gasteiger partial charge in [0.2, 0.25) is 0 Å². The highest BCUT2D eigenvalue weighted by Gasteiger charge is 2.15. The third kappa shape index (κ3) is 2.47. The summed E-state index contributed by atoms with van der Waals surface area (Å²) in [6.45, 7) is 0. The molecule has 0 aliphatic heterocycles. The first-order chi connectivity index (χ1) is 9.66. The van der Waals surface area contributed by atoms with Crippen LogP contribution in [0.15, 0.2) is 47.8 Å². The maximum absolute atomic E-state index is 12.5. The van der Waals surface area contributed by atoms with Crippen LogP contribution >= 0.6 is 34.5 Å². The lowest BCUT2D eigenvalue weighted by atomic mass is 10.0. The number of hydrogen-bond acceptors (Lipinski definition) is 2. The molecular formula is C16H10Cl2OS. The van der Waals surface area contributed by atoms with E-state index >= 15 is 0 Å². The van der Waals surface area contributed by atoms with Crippen LogP contribution in [0.4, 0.5) is 0 Å². The van der Waals surface area contributed by atoms with Crippen LogP contribution in [0, 0.1) is 0 Å². The lowest BCUT2D eigenvalue weighted by Crippen LogP contribution is -2.03. The van der Waals surface area contributed by atoms with Gasteiger partial charge in [0.1, 0.15) is 0 Å². The van der Waals surface area contributed by atoms with Gasteiger partial charge in [-0.1, -0.05) is 47.5 Å². The van der Waals surface area contributed by atoms with Crippen LogP contribution in [0.25, 0.3) is 10.1 Å². The van der Waals surface area contributed by atoms with Crippen molar-refractivity contribution >= 4 is 50.4 Å². The second-order valence-electron chi connectivity index (χ2n) is 4.45. The molecule has 1 aromatic heterocycles. The van der Waals surface area contributed by atoms with E-state index in [1.165, 1.54) is 0 Å². The zero-order valence-corrected chi connectivity index (χ0v) is 12.7. The standard InChI is InChI=1S/C16H10Cl2OS/c17-13-5-3-6-14(18)11(13)8-15(19)12-9-20-16-7-2-1-4-10(12)16/h1-7,9H,8H2. The molecule has 2 aromatic carbocycles. The molecular weight excluding hydrogens is 311 g/mol. The summed E-state index contributed by atoms with van der Waals surface area (Å²) in [5.74, 6) is 0.0393. The summed E-state index contributed by atoms with van der Waals surface area (Å²) in [5, 5.41) is 3.96. The van der Waals surface area contributed by atoms with E-state index in [-0.39, 0.29) is 12.2 Å². The number of fused-ring (bicyclic) bond motifs is 1. The molecule has 1 nitrogen and oxygen atoms in total. The fourth-order valence-corrected chi connectivity index (χ4v) is 3.65. The van der Waals surface area contributed by atoms with Gasteiger partial charge in [-0.25, -0.2) is 0 Å². The molecule has 0 atom stereocenters. The van der Waals surface area contributed by atoms with Crippen molar-refractivity contribution in [2.75, 3.05) is 0 Å². The van der Waals surface area contributed by atoms with Crippen molar-refractivity contribution in [1.29, 1.82) is 0 Å². The highest BCUT2D eigenvalue weighted by atomic mass is 35.5. The van der Waals surface area contributed by atoms with Gasteiger partial charge in [-0.15, -0.1) is 11.3 Å². The molecule has 0 unspecified atom stereocenters. The van der Waals surface area contributed by atoms with E-state index in [1.54, 1.807) is 29.5 Å². The summed E-state index contributed by atoms with van der Waals surface area (Å²) in [4.78, 5) is 12.5. The van der Waals surface area contributed by atoms with E-state index in [1.807, 2.05) is 29.6 Å². The summed E-state index contributed by atoms with van der Waals surface area (Å²) >= 11 is 13.8. The first-order valence-corrected chi connectivity index (χ1v) is 7.72. The van der Waals surface area contributed by atoms with E-state index < -0.39 is 0 Å². The second kappa shape index (κ2) is 5.57. The number of carbonyl (C=O) groups excluding carboxylic acids is 1. The van der Waals surface area contributed by atoms with Crippen LogP contribution in [-0.2, 0) is 6.42 Å². The summed E-state index contributed by atoms with van der Waals surface area (Å²) < 4.78 is 1.11. The van der Waals surface area contributed by atoms with Crippen LogP contribution < -0.4 is 0 Å². The molecule has 0 N–H and O–H groups in total. The summed E-state index contributed by atoms with van der Waals surface area (Å²) in [6.07, 6.45) is 0.221. The van der Waals surface area contributed by atoms with Gasteiger partial charge in [-0.05, 0) is 23.8 Å². The zero-order chi connectivity index (χ0) is 14.1. The van der Waals surface area contributed by atoms with Gasteiger partial charge in [0.05, 0.1) is 0 Å².